The Morgan fingerprint density at radius 1 is 0.622 bits per heavy atom. The van der Waals surface area contributed by atoms with Gasteiger partial charge in [0, 0.05) is 13.1 Å². The zero-order valence-electron chi connectivity index (χ0n) is 24.1. The minimum absolute atomic E-state index is 0.503. The van der Waals surface area contributed by atoms with Crippen molar-refractivity contribution in [3.8, 4) is 5.75 Å². The minimum atomic E-state index is -3.38. The van der Waals surface area contributed by atoms with E-state index in [1.807, 2.05) is 55.4 Å². The number of nitrogens with one attached hydrogen (secondary N) is 2. The second kappa shape index (κ2) is 11.6. The van der Waals surface area contributed by atoms with Gasteiger partial charge in [-0.15, -0.1) is 0 Å². The summed E-state index contributed by atoms with van der Waals surface area (Å²) in [6.07, 6.45) is 3.17. The molecule has 2 aromatic rings. The maximum atomic E-state index is 11.8. The van der Waals surface area contributed by atoms with Crippen molar-refractivity contribution in [1.29, 1.82) is 0 Å². The molecule has 0 saturated carbocycles. The van der Waals surface area contributed by atoms with Crippen LogP contribution in [0.3, 0.4) is 0 Å². The Kier molecular flexibility index (Phi) is 9.71. The predicted octanol–water partition coefficient (Wildman–Crippen LogP) is 4.45. The molecule has 0 fully saturated rings. The Hall–Kier alpha value is -2.30. The lowest BCUT2D eigenvalue weighted by molar-refractivity contribution is 0.236. The van der Waals surface area contributed by atoms with Crippen LogP contribution in [0.25, 0.3) is 0 Å². The predicted molar refractivity (Wildman–Crippen MR) is 154 cm³/mol. The summed E-state index contributed by atoms with van der Waals surface area (Å²) < 4.78 is 58.8. The van der Waals surface area contributed by atoms with Crippen molar-refractivity contribution in [2.75, 3.05) is 48.7 Å². The first-order valence-corrected chi connectivity index (χ1v) is 16.1. The molecule has 0 unspecified atom stereocenters. The summed E-state index contributed by atoms with van der Waals surface area (Å²) in [5.41, 5.74) is 10.3. The van der Waals surface area contributed by atoms with Gasteiger partial charge in [0.15, 0.2) is 0 Å². The van der Waals surface area contributed by atoms with Crippen LogP contribution in [-0.2, 0) is 26.5 Å². The largest absolute Gasteiger partial charge is 0.492 e. The van der Waals surface area contributed by atoms with Crippen molar-refractivity contribution in [3.05, 3.63) is 50.1 Å². The van der Waals surface area contributed by atoms with Crippen molar-refractivity contribution in [3.63, 3.8) is 0 Å². The fraction of sp³-hybridized carbons (Fsp3) is 0.556. The first-order chi connectivity index (χ1) is 16.9. The molecular formula is C27H43N3O5S2. The highest BCUT2D eigenvalue weighted by Crippen LogP contribution is 2.36. The highest BCUT2D eigenvalue weighted by atomic mass is 32.2. The Morgan fingerprint density at radius 3 is 1.38 bits per heavy atom. The van der Waals surface area contributed by atoms with Crippen molar-refractivity contribution >= 4 is 31.4 Å². The molecular weight excluding hydrogens is 510 g/mol. The van der Waals surface area contributed by atoms with Gasteiger partial charge in [0.2, 0.25) is 20.0 Å². The Balaban J connectivity index is 2.11. The van der Waals surface area contributed by atoms with Crippen LogP contribution in [0, 0.1) is 55.4 Å². The van der Waals surface area contributed by atoms with Crippen LogP contribution >= 0.6 is 0 Å². The summed E-state index contributed by atoms with van der Waals surface area (Å²) in [6.45, 7) is 17.8. The van der Waals surface area contributed by atoms with Crippen LogP contribution in [0.2, 0.25) is 0 Å². The Bertz CT molecular complexity index is 1340. The smallest absolute Gasteiger partial charge is 0.229 e. The molecule has 0 aliphatic rings. The van der Waals surface area contributed by atoms with Crippen molar-refractivity contribution < 1.29 is 21.6 Å². The monoisotopic (exact) mass is 553 g/mol. The first-order valence-electron chi connectivity index (χ1n) is 12.3. The molecule has 8 nitrogen and oxygen atoms in total. The molecule has 0 amide bonds. The van der Waals surface area contributed by atoms with Gasteiger partial charge in [-0.3, -0.25) is 9.44 Å². The Labute approximate surface area is 223 Å². The van der Waals surface area contributed by atoms with Gasteiger partial charge in [-0.05, 0) is 119 Å². The van der Waals surface area contributed by atoms with Gasteiger partial charge >= 0.3 is 0 Å². The number of sulfonamides is 2. The maximum Gasteiger partial charge on any atom is 0.229 e. The summed E-state index contributed by atoms with van der Waals surface area (Å²) >= 11 is 0. The van der Waals surface area contributed by atoms with Gasteiger partial charge in [0.05, 0.1) is 23.9 Å². The van der Waals surface area contributed by atoms with E-state index in [2.05, 4.69) is 21.4 Å². The van der Waals surface area contributed by atoms with Crippen LogP contribution in [0.1, 0.15) is 50.1 Å². The molecule has 2 rings (SSSR count). The molecule has 208 valence electrons. The molecule has 10 heteroatoms. The van der Waals surface area contributed by atoms with Crippen molar-refractivity contribution in [2.45, 2.75) is 61.8 Å². The molecule has 0 saturated heterocycles. The number of hydrogen-bond donors (Lipinski definition) is 2. The van der Waals surface area contributed by atoms with Gasteiger partial charge in [0.25, 0.3) is 0 Å². The van der Waals surface area contributed by atoms with Gasteiger partial charge in [0.1, 0.15) is 12.4 Å². The van der Waals surface area contributed by atoms with Gasteiger partial charge < -0.3 is 9.64 Å². The lowest BCUT2D eigenvalue weighted by Crippen LogP contribution is -2.27. The number of anilines is 2. The molecule has 0 bridgehead atoms. The normalized spacial score (nSPS) is 12.2. The van der Waals surface area contributed by atoms with Crippen LogP contribution in [0.5, 0.6) is 5.75 Å². The molecule has 0 atom stereocenters. The lowest BCUT2D eigenvalue weighted by atomic mass is 9.90. The average molecular weight is 554 g/mol. The number of likely N-dealkylation sites (N-methyl/N-ethyl adjacent to an activating group) is 1. The second-order valence-electron chi connectivity index (χ2n) is 10.2. The van der Waals surface area contributed by atoms with Crippen LogP contribution in [0.15, 0.2) is 0 Å². The zero-order valence-corrected chi connectivity index (χ0v) is 25.8. The molecule has 2 aromatic carbocycles. The van der Waals surface area contributed by atoms with E-state index < -0.39 is 20.0 Å². The van der Waals surface area contributed by atoms with E-state index in [1.165, 1.54) is 11.8 Å². The van der Waals surface area contributed by atoms with E-state index in [0.717, 1.165) is 76.0 Å². The van der Waals surface area contributed by atoms with Crippen molar-refractivity contribution in [1.82, 2.24) is 4.90 Å². The molecule has 0 radical (unpaired) electrons. The molecule has 2 N–H and O–H groups in total. The summed E-state index contributed by atoms with van der Waals surface area (Å²) in [6, 6.07) is 0. The van der Waals surface area contributed by atoms with E-state index in [4.69, 9.17) is 4.74 Å². The lowest BCUT2D eigenvalue weighted by Gasteiger charge is -2.24. The van der Waals surface area contributed by atoms with Gasteiger partial charge in [-0.1, -0.05) is 0 Å². The highest BCUT2D eigenvalue weighted by Gasteiger charge is 2.19. The second-order valence-corrected chi connectivity index (χ2v) is 13.7. The Morgan fingerprint density at radius 2 is 1.00 bits per heavy atom. The quantitative estimate of drug-likeness (QED) is 0.426. The summed E-state index contributed by atoms with van der Waals surface area (Å²) in [5.74, 6) is 0.800. The van der Waals surface area contributed by atoms with Crippen LogP contribution < -0.4 is 14.2 Å². The maximum absolute atomic E-state index is 11.8. The van der Waals surface area contributed by atoms with Crippen molar-refractivity contribution in [2.24, 2.45) is 0 Å². The fourth-order valence-electron chi connectivity index (χ4n) is 4.65. The minimum Gasteiger partial charge on any atom is -0.492 e. The molecule has 0 spiro atoms. The third-order valence-corrected chi connectivity index (χ3v) is 8.52. The van der Waals surface area contributed by atoms with E-state index in [9.17, 15) is 16.8 Å². The van der Waals surface area contributed by atoms with Crippen LogP contribution in [0.4, 0.5) is 11.4 Å². The number of nitrogens with zero attached hydrogens (tertiary/aromatic N) is 1. The zero-order chi connectivity index (χ0) is 28.5. The molecule has 37 heavy (non-hydrogen) atoms. The fourth-order valence-corrected chi connectivity index (χ4v) is 6.01. The third kappa shape index (κ3) is 7.61. The molecule has 0 aliphatic heterocycles. The van der Waals surface area contributed by atoms with E-state index >= 15 is 0 Å². The number of hydrogen-bond acceptors (Lipinski definition) is 6. The topological polar surface area (TPSA) is 105 Å². The first kappa shape index (κ1) is 30.9. The van der Waals surface area contributed by atoms with Gasteiger partial charge in [-0.25, -0.2) is 16.8 Å². The summed E-state index contributed by atoms with van der Waals surface area (Å²) in [7, 11) is -4.67. The summed E-state index contributed by atoms with van der Waals surface area (Å²) in [4.78, 5) is 2.22. The molecule has 0 aliphatic carbocycles. The van der Waals surface area contributed by atoms with E-state index in [-0.39, 0.29) is 0 Å². The number of benzene rings is 2. The average Bonchev–Trinajstić information content (AvgIpc) is 2.78. The van der Waals surface area contributed by atoms with E-state index in [1.54, 1.807) is 0 Å². The summed E-state index contributed by atoms with van der Waals surface area (Å²) in [5, 5.41) is 0. The van der Waals surface area contributed by atoms with Crippen LogP contribution in [-0.4, -0.2) is 61.0 Å². The molecule has 0 aromatic heterocycles. The highest BCUT2D eigenvalue weighted by molar-refractivity contribution is 7.92. The standard InChI is InChI=1S/C27H43N3O5S2/c1-16-18(3)25(28-36(10,31)32)19(4)17(2)24(16)12-13-30(9)14-15-35-27-22(7)20(5)26(21(6)23(27)8)29-37(11,33)34/h28-29H,12-15H2,1-11H3. The van der Waals surface area contributed by atoms with E-state index in [0.29, 0.717) is 18.0 Å². The van der Waals surface area contributed by atoms with Gasteiger partial charge in [-0.2, -0.15) is 0 Å². The number of ether oxygens (including phenoxy) is 1. The third-order valence-electron chi connectivity index (χ3n) is 7.37. The number of rotatable bonds is 11. The molecule has 0 heterocycles. The SMILES string of the molecule is Cc1c(C)c(NS(C)(=O)=O)c(C)c(C)c1CCN(C)CCOc1c(C)c(C)c(NS(C)(=O)=O)c(C)c1C.